The van der Waals surface area contributed by atoms with Gasteiger partial charge in [-0.1, -0.05) is 62.4 Å². The molecule has 3 aromatic carbocycles. The van der Waals surface area contributed by atoms with Gasteiger partial charge in [0.05, 0.1) is 6.04 Å². The zero-order valence-electron chi connectivity index (χ0n) is 26.7. The lowest BCUT2D eigenvalue weighted by atomic mass is 9.86. The fourth-order valence-corrected chi connectivity index (χ4v) is 7.26. The molecule has 8 heteroatoms. The number of nitrogens with zero attached hydrogens (tertiary/aromatic N) is 1. The number of hydrogen-bond acceptors (Lipinski definition) is 6. The lowest BCUT2D eigenvalue weighted by molar-refractivity contribution is -0.335. The van der Waals surface area contributed by atoms with Crippen LogP contribution >= 0.6 is 0 Å². The van der Waals surface area contributed by atoms with Gasteiger partial charge in [0.25, 0.3) is 0 Å². The van der Waals surface area contributed by atoms with Gasteiger partial charge in [0.2, 0.25) is 18.2 Å². The normalized spacial score (nSPS) is 22.3. The third kappa shape index (κ3) is 6.34. The lowest BCUT2D eigenvalue weighted by Gasteiger charge is -2.35. The van der Waals surface area contributed by atoms with Gasteiger partial charge in [0.1, 0.15) is 6.04 Å². The molecule has 3 atom stereocenters. The van der Waals surface area contributed by atoms with Gasteiger partial charge in [-0.2, -0.15) is 0 Å². The minimum Gasteiger partial charge on any atom is -0.399 e. The van der Waals surface area contributed by atoms with Crippen molar-refractivity contribution in [2.75, 3.05) is 24.4 Å². The van der Waals surface area contributed by atoms with Crippen molar-refractivity contribution in [3.05, 3.63) is 95.1 Å². The summed E-state index contributed by atoms with van der Waals surface area (Å²) < 4.78 is 10.6. The molecule has 4 N–H and O–H groups in total. The molecule has 46 heavy (non-hydrogen) atoms. The smallest absolute Gasteiger partial charge is 0.247 e. The standard InChI is InChI=1S/C38H44N4O4/c1-23(2)35(41-38-45-22-46-38)37(44)42-21-3-4-33(42)36(43)40-30-17-13-27(14-18-30)32-20-19-31(26-11-15-29(39)16-12-26)34(32)28-9-7-25(8-10-28)24-5-6-24/h7-18,23-24,32-33,35,38,41H,3-6,19-22,39H2,1-2H3,(H,40,43). The molecule has 2 heterocycles. The molecular formula is C38H44N4O4. The number of carbonyl (C=O) groups excluding carboxylic acids is 2. The van der Waals surface area contributed by atoms with Crippen molar-refractivity contribution in [2.45, 2.75) is 82.7 Å². The highest BCUT2D eigenvalue weighted by molar-refractivity contribution is 5.99. The van der Waals surface area contributed by atoms with Gasteiger partial charge in [0.15, 0.2) is 6.79 Å². The Morgan fingerprint density at radius 3 is 2.15 bits per heavy atom. The molecule has 0 spiro atoms. The SMILES string of the molecule is CC(C)C(NC1OCO1)C(=O)N1CCCC1C(=O)Nc1ccc(C2CCC(c3ccc(N)cc3)=C2c2ccc(C3CC3)cc2)cc1. The first-order valence-corrected chi connectivity index (χ1v) is 16.8. The van der Waals surface area contributed by atoms with E-state index in [2.05, 4.69) is 59.2 Å². The molecule has 2 aliphatic carbocycles. The Hall–Kier alpha value is -3.98. The number of nitrogens with one attached hydrogen (secondary N) is 2. The lowest BCUT2D eigenvalue weighted by Crippen LogP contribution is -2.58. The highest BCUT2D eigenvalue weighted by Gasteiger charge is 2.40. The van der Waals surface area contributed by atoms with Gasteiger partial charge in [-0.05, 0) is 108 Å². The molecule has 4 aliphatic rings. The van der Waals surface area contributed by atoms with E-state index in [1.807, 2.05) is 38.1 Å². The van der Waals surface area contributed by atoms with Crippen LogP contribution in [-0.4, -0.2) is 48.5 Å². The summed E-state index contributed by atoms with van der Waals surface area (Å²) in [5.41, 5.74) is 15.4. The Labute approximate surface area is 271 Å². The van der Waals surface area contributed by atoms with Crippen molar-refractivity contribution >= 4 is 34.3 Å². The molecule has 3 unspecified atom stereocenters. The van der Waals surface area contributed by atoms with Crippen LogP contribution in [0.1, 0.15) is 86.5 Å². The van der Waals surface area contributed by atoms with Crippen LogP contribution in [-0.2, 0) is 19.1 Å². The molecule has 3 aromatic rings. The van der Waals surface area contributed by atoms with E-state index in [0.717, 1.165) is 36.6 Å². The van der Waals surface area contributed by atoms with Crippen molar-refractivity contribution in [3.63, 3.8) is 0 Å². The van der Waals surface area contributed by atoms with Crippen molar-refractivity contribution in [2.24, 2.45) is 5.92 Å². The summed E-state index contributed by atoms with van der Waals surface area (Å²) in [4.78, 5) is 28.7. The van der Waals surface area contributed by atoms with Crippen molar-refractivity contribution in [3.8, 4) is 0 Å². The van der Waals surface area contributed by atoms with Crippen molar-refractivity contribution in [1.29, 1.82) is 0 Å². The molecule has 3 fully saturated rings. The third-order valence-corrected chi connectivity index (χ3v) is 9.99. The van der Waals surface area contributed by atoms with Crippen molar-refractivity contribution in [1.82, 2.24) is 10.2 Å². The fraction of sp³-hybridized carbons (Fsp3) is 0.421. The van der Waals surface area contributed by atoms with E-state index in [9.17, 15) is 9.59 Å². The van der Waals surface area contributed by atoms with E-state index >= 15 is 0 Å². The van der Waals surface area contributed by atoms with Gasteiger partial charge in [-0.3, -0.25) is 14.9 Å². The maximum atomic E-state index is 13.5. The molecule has 7 rings (SSSR count). The molecule has 2 aliphatic heterocycles. The Morgan fingerprint density at radius 1 is 0.848 bits per heavy atom. The van der Waals surface area contributed by atoms with E-state index in [1.54, 1.807) is 4.90 Å². The number of hydrogen-bond donors (Lipinski definition) is 3. The summed E-state index contributed by atoms with van der Waals surface area (Å²) in [7, 11) is 0. The zero-order chi connectivity index (χ0) is 31.8. The summed E-state index contributed by atoms with van der Waals surface area (Å²) in [5.74, 6) is 0.741. The topological polar surface area (TPSA) is 106 Å². The maximum Gasteiger partial charge on any atom is 0.247 e. The molecule has 1 saturated carbocycles. The van der Waals surface area contributed by atoms with Crippen LogP contribution in [0.5, 0.6) is 0 Å². The largest absolute Gasteiger partial charge is 0.399 e. The number of allylic oxidation sites excluding steroid dienone is 2. The number of anilines is 2. The minimum atomic E-state index is -0.579. The summed E-state index contributed by atoms with van der Waals surface area (Å²) in [6, 6.07) is 24.7. The number of ether oxygens (including phenoxy) is 2. The Bertz CT molecular complexity index is 1590. The number of amides is 2. The zero-order valence-corrected chi connectivity index (χ0v) is 26.7. The number of nitrogens with two attached hydrogens (primary N) is 1. The molecule has 8 nitrogen and oxygen atoms in total. The summed E-state index contributed by atoms with van der Waals surface area (Å²) in [6.07, 6.45) is 5.44. The maximum absolute atomic E-state index is 13.5. The van der Waals surface area contributed by atoms with Gasteiger partial charge in [-0.25, -0.2) is 0 Å². The van der Waals surface area contributed by atoms with Crippen LogP contribution in [0.2, 0.25) is 0 Å². The average molecular weight is 621 g/mol. The Kier molecular flexibility index (Phi) is 8.68. The van der Waals surface area contributed by atoms with Crippen LogP contribution in [0, 0.1) is 5.92 Å². The van der Waals surface area contributed by atoms with E-state index in [0.29, 0.717) is 13.0 Å². The second kappa shape index (κ2) is 13.0. The predicted octanol–water partition coefficient (Wildman–Crippen LogP) is 6.47. The van der Waals surface area contributed by atoms with Gasteiger partial charge in [0, 0.05) is 23.8 Å². The van der Waals surface area contributed by atoms with E-state index in [1.165, 1.54) is 46.2 Å². The van der Waals surface area contributed by atoms with Crippen LogP contribution in [0.25, 0.3) is 11.1 Å². The highest BCUT2D eigenvalue weighted by Crippen LogP contribution is 2.49. The third-order valence-electron chi connectivity index (χ3n) is 9.99. The summed E-state index contributed by atoms with van der Waals surface area (Å²) >= 11 is 0. The fourth-order valence-electron chi connectivity index (χ4n) is 7.26. The minimum absolute atomic E-state index is 0.0170. The monoisotopic (exact) mass is 620 g/mol. The molecule has 0 radical (unpaired) electrons. The van der Waals surface area contributed by atoms with Crippen LogP contribution in [0.15, 0.2) is 72.8 Å². The molecule has 240 valence electrons. The van der Waals surface area contributed by atoms with Gasteiger partial charge in [-0.15, -0.1) is 0 Å². The number of likely N-dealkylation sites (tertiary alicyclic amines) is 1. The summed E-state index contributed by atoms with van der Waals surface area (Å²) in [5, 5.41) is 6.23. The second-order valence-corrected chi connectivity index (χ2v) is 13.5. The second-order valence-electron chi connectivity index (χ2n) is 13.5. The van der Waals surface area contributed by atoms with Gasteiger partial charge < -0.3 is 25.4 Å². The average Bonchev–Trinajstić information content (AvgIpc) is 3.60. The number of rotatable bonds is 10. The predicted molar refractivity (Wildman–Crippen MR) is 180 cm³/mol. The first-order chi connectivity index (χ1) is 22.4. The molecule has 0 bridgehead atoms. The molecular weight excluding hydrogens is 576 g/mol. The number of nitrogen functional groups attached to an aromatic ring is 1. The molecule has 2 saturated heterocycles. The Morgan fingerprint density at radius 2 is 1.52 bits per heavy atom. The van der Waals surface area contributed by atoms with Crippen LogP contribution in [0.4, 0.5) is 11.4 Å². The van der Waals surface area contributed by atoms with Crippen LogP contribution in [0.3, 0.4) is 0 Å². The van der Waals surface area contributed by atoms with E-state index < -0.39 is 18.5 Å². The number of carbonyl (C=O) groups is 2. The first-order valence-electron chi connectivity index (χ1n) is 16.8. The highest BCUT2D eigenvalue weighted by atomic mass is 16.9. The van der Waals surface area contributed by atoms with Crippen molar-refractivity contribution < 1.29 is 19.1 Å². The van der Waals surface area contributed by atoms with Crippen LogP contribution < -0.4 is 16.4 Å². The summed E-state index contributed by atoms with van der Waals surface area (Å²) in [6.45, 7) is 4.74. The quantitative estimate of drug-likeness (QED) is 0.225. The van der Waals surface area contributed by atoms with E-state index in [4.69, 9.17) is 15.2 Å². The number of benzene rings is 3. The first kappa shape index (κ1) is 30.7. The van der Waals surface area contributed by atoms with Gasteiger partial charge >= 0.3 is 0 Å². The Balaban J connectivity index is 1.08. The van der Waals surface area contributed by atoms with E-state index in [-0.39, 0.29) is 30.4 Å². The molecule has 0 aromatic heterocycles. The molecule has 2 amide bonds.